The van der Waals surface area contributed by atoms with Crippen molar-refractivity contribution >= 4 is 21.6 Å². The van der Waals surface area contributed by atoms with Crippen molar-refractivity contribution in [2.45, 2.75) is 24.8 Å². The Morgan fingerprint density at radius 3 is 2.24 bits per heavy atom. The Morgan fingerprint density at radius 2 is 1.59 bits per heavy atom. The lowest BCUT2D eigenvalue weighted by Gasteiger charge is -2.20. The zero-order chi connectivity index (χ0) is 21.0. The summed E-state index contributed by atoms with van der Waals surface area (Å²) in [6.07, 6.45) is 0. The lowest BCUT2D eigenvalue weighted by atomic mass is 10.1. The van der Waals surface area contributed by atoms with Gasteiger partial charge in [0, 0.05) is 12.6 Å². The second kappa shape index (κ2) is 8.49. The van der Waals surface area contributed by atoms with Crippen molar-refractivity contribution in [3.63, 3.8) is 0 Å². The number of benzene rings is 3. The minimum absolute atomic E-state index is 0.169. The fraction of sp³-hybridized carbons (Fsp3) is 0.174. The van der Waals surface area contributed by atoms with Crippen molar-refractivity contribution in [1.29, 1.82) is 0 Å². The van der Waals surface area contributed by atoms with E-state index in [1.54, 1.807) is 54.6 Å². The third kappa shape index (κ3) is 4.66. The summed E-state index contributed by atoms with van der Waals surface area (Å²) in [6, 6.07) is 22.6. The van der Waals surface area contributed by atoms with E-state index < -0.39 is 10.0 Å². The summed E-state index contributed by atoms with van der Waals surface area (Å²) in [5.41, 5.74) is 2.98. The molecule has 0 aromatic heterocycles. The molecular weight excluding hydrogens is 384 g/mol. The molecule has 3 aromatic carbocycles. The van der Waals surface area contributed by atoms with Crippen LogP contribution in [-0.2, 0) is 10.0 Å². The molecule has 5 nitrogen and oxygen atoms in total. The summed E-state index contributed by atoms with van der Waals surface area (Å²) in [6.45, 7) is 3.93. The maximum Gasteiger partial charge on any atom is 0.264 e. The highest BCUT2D eigenvalue weighted by Gasteiger charge is 2.22. The van der Waals surface area contributed by atoms with Crippen LogP contribution in [0.25, 0.3) is 0 Å². The van der Waals surface area contributed by atoms with Crippen LogP contribution in [0.3, 0.4) is 0 Å². The van der Waals surface area contributed by atoms with Gasteiger partial charge < -0.3 is 5.32 Å². The number of aryl methyl sites for hydroxylation is 1. The molecule has 0 fully saturated rings. The average molecular weight is 409 g/mol. The Hall–Kier alpha value is -3.12. The minimum atomic E-state index is -3.70. The SMILES string of the molecule is Cc1ccc(C(C)NC(=O)c2cccc(N(C)S(=O)(=O)c3ccccc3)c2)cc1. The maximum absolute atomic E-state index is 12.8. The Kier molecular flexibility index (Phi) is 6.03. The van der Waals surface area contributed by atoms with Gasteiger partial charge in [0.2, 0.25) is 0 Å². The molecule has 1 atom stereocenters. The topological polar surface area (TPSA) is 66.5 Å². The van der Waals surface area contributed by atoms with E-state index in [-0.39, 0.29) is 16.8 Å². The van der Waals surface area contributed by atoms with Crippen LogP contribution in [0.4, 0.5) is 5.69 Å². The first-order valence-electron chi connectivity index (χ1n) is 9.30. The summed E-state index contributed by atoms with van der Waals surface area (Å²) in [5.74, 6) is -0.259. The molecule has 0 aliphatic rings. The quantitative estimate of drug-likeness (QED) is 0.661. The third-order valence-corrected chi connectivity index (χ3v) is 6.60. The predicted octanol–water partition coefficient (Wildman–Crippen LogP) is 4.31. The van der Waals surface area contributed by atoms with Crippen LogP contribution in [-0.4, -0.2) is 21.4 Å². The average Bonchev–Trinajstić information content (AvgIpc) is 2.74. The lowest BCUT2D eigenvalue weighted by molar-refractivity contribution is 0.0940. The molecule has 3 rings (SSSR count). The van der Waals surface area contributed by atoms with E-state index >= 15 is 0 Å². The number of sulfonamides is 1. The van der Waals surface area contributed by atoms with E-state index in [0.29, 0.717) is 11.3 Å². The van der Waals surface area contributed by atoms with Crippen molar-refractivity contribution in [3.05, 3.63) is 95.6 Å². The van der Waals surface area contributed by atoms with E-state index in [4.69, 9.17) is 0 Å². The first-order chi connectivity index (χ1) is 13.8. The highest BCUT2D eigenvalue weighted by Crippen LogP contribution is 2.23. The van der Waals surface area contributed by atoms with E-state index in [9.17, 15) is 13.2 Å². The first kappa shape index (κ1) is 20.6. The van der Waals surface area contributed by atoms with Crippen LogP contribution in [0.15, 0.2) is 83.8 Å². The summed E-state index contributed by atoms with van der Waals surface area (Å²) in [4.78, 5) is 12.9. The number of hydrogen-bond acceptors (Lipinski definition) is 3. The van der Waals surface area contributed by atoms with Crippen molar-refractivity contribution < 1.29 is 13.2 Å². The van der Waals surface area contributed by atoms with Gasteiger partial charge >= 0.3 is 0 Å². The summed E-state index contributed by atoms with van der Waals surface area (Å²) in [7, 11) is -2.22. The number of amides is 1. The summed E-state index contributed by atoms with van der Waals surface area (Å²) >= 11 is 0. The molecule has 0 bridgehead atoms. The van der Waals surface area contributed by atoms with Gasteiger partial charge in [-0.2, -0.15) is 0 Å². The molecule has 3 aromatic rings. The molecule has 1 amide bonds. The number of hydrogen-bond donors (Lipinski definition) is 1. The number of nitrogens with zero attached hydrogens (tertiary/aromatic N) is 1. The Balaban J connectivity index is 1.80. The van der Waals surface area contributed by atoms with Crippen LogP contribution >= 0.6 is 0 Å². The molecule has 6 heteroatoms. The molecule has 0 spiro atoms. The minimum Gasteiger partial charge on any atom is -0.346 e. The Morgan fingerprint density at radius 1 is 0.931 bits per heavy atom. The van der Waals surface area contributed by atoms with Gasteiger partial charge in [-0.3, -0.25) is 9.10 Å². The fourth-order valence-electron chi connectivity index (χ4n) is 2.95. The Labute approximate surface area is 172 Å². The van der Waals surface area contributed by atoms with Gasteiger partial charge in [-0.1, -0.05) is 54.1 Å². The Bertz CT molecular complexity index is 1090. The molecular formula is C23H24N2O3S. The molecule has 0 aliphatic carbocycles. The maximum atomic E-state index is 12.8. The number of nitrogens with one attached hydrogen (secondary N) is 1. The monoisotopic (exact) mass is 408 g/mol. The number of rotatable bonds is 6. The molecule has 0 saturated heterocycles. The number of anilines is 1. The number of carbonyl (C=O) groups is 1. The first-order valence-corrected chi connectivity index (χ1v) is 10.7. The van der Waals surface area contributed by atoms with Crippen molar-refractivity contribution in [1.82, 2.24) is 5.32 Å². The van der Waals surface area contributed by atoms with Crippen molar-refractivity contribution in [2.24, 2.45) is 0 Å². The molecule has 1 unspecified atom stereocenters. The van der Waals surface area contributed by atoms with Gasteiger partial charge in [0.15, 0.2) is 0 Å². The molecule has 0 radical (unpaired) electrons. The van der Waals surface area contributed by atoms with E-state index in [2.05, 4.69) is 5.32 Å². The fourth-order valence-corrected chi connectivity index (χ4v) is 4.16. The normalized spacial score (nSPS) is 12.2. The van der Waals surface area contributed by atoms with Gasteiger partial charge in [-0.05, 0) is 49.7 Å². The van der Waals surface area contributed by atoms with Crippen molar-refractivity contribution in [2.75, 3.05) is 11.4 Å². The summed E-state index contributed by atoms with van der Waals surface area (Å²) < 4.78 is 26.8. The van der Waals surface area contributed by atoms with Crippen LogP contribution in [0.1, 0.15) is 34.5 Å². The second-order valence-corrected chi connectivity index (χ2v) is 8.91. The zero-order valence-electron chi connectivity index (χ0n) is 16.7. The molecule has 150 valence electrons. The van der Waals surface area contributed by atoms with Crippen LogP contribution in [0.2, 0.25) is 0 Å². The smallest absolute Gasteiger partial charge is 0.264 e. The summed E-state index contributed by atoms with van der Waals surface area (Å²) in [5, 5.41) is 2.96. The van der Waals surface area contributed by atoms with Gasteiger partial charge in [0.25, 0.3) is 15.9 Å². The molecule has 0 heterocycles. The number of carbonyl (C=O) groups excluding carboxylic acids is 1. The standard InChI is InChI=1S/C23H24N2O3S/c1-17-12-14-19(15-13-17)18(2)24-23(26)20-8-7-9-21(16-20)25(3)29(27,28)22-10-5-4-6-11-22/h4-16,18H,1-3H3,(H,24,26). The zero-order valence-corrected chi connectivity index (χ0v) is 17.5. The largest absolute Gasteiger partial charge is 0.346 e. The highest BCUT2D eigenvalue weighted by molar-refractivity contribution is 7.92. The van der Waals surface area contributed by atoms with Crippen LogP contribution in [0, 0.1) is 6.92 Å². The van der Waals surface area contributed by atoms with E-state index in [0.717, 1.165) is 11.1 Å². The van der Waals surface area contributed by atoms with Gasteiger partial charge in [0.1, 0.15) is 0 Å². The van der Waals surface area contributed by atoms with Gasteiger partial charge in [-0.15, -0.1) is 0 Å². The highest BCUT2D eigenvalue weighted by atomic mass is 32.2. The molecule has 29 heavy (non-hydrogen) atoms. The van der Waals surface area contributed by atoms with E-state index in [1.807, 2.05) is 38.1 Å². The molecule has 0 saturated carbocycles. The molecule has 0 aliphatic heterocycles. The molecule has 1 N–H and O–H groups in total. The lowest BCUT2D eigenvalue weighted by Crippen LogP contribution is -2.28. The van der Waals surface area contributed by atoms with Crippen molar-refractivity contribution in [3.8, 4) is 0 Å². The predicted molar refractivity (Wildman–Crippen MR) is 116 cm³/mol. The van der Waals surface area contributed by atoms with Gasteiger partial charge in [-0.25, -0.2) is 8.42 Å². The van der Waals surface area contributed by atoms with Crippen LogP contribution < -0.4 is 9.62 Å². The third-order valence-electron chi connectivity index (χ3n) is 4.80. The van der Waals surface area contributed by atoms with E-state index in [1.165, 1.54) is 11.4 Å². The van der Waals surface area contributed by atoms with Gasteiger partial charge in [0.05, 0.1) is 16.6 Å². The second-order valence-electron chi connectivity index (χ2n) is 6.94. The van der Waals surface area contributed by atoms with Crippen LogP contribution in [0.5, 0.6) is 0 Å².